The Bertz CT molecular complexity index is 345. The van der Waals surface area contributed by atoms with Gasteiger partial charge in [0.25, 0.3) is 5.91 Å². The number of aliphatic hydroxyl groups is 1. The standard InChI is InChI=1S/C11H20N4O2/c1-2-3-8(4-5-16)6-13-11(17)10-9(12)7-14-15-10/h7-8,16H,2-6,12H2,1H3,(H,13,17)(H,14,15). The van der Waals surface area contributed by atoms with Gasteiger partial charge in [-0.05, 0) is 18.8 Å². The van der Waals surface area contributed by atoms with Gasteiger partial charge in [0.1, 0.15) is 5.69 Å². The lowest BCUT2D eigenvalue weighted by Gasteiger charge is -2.15. The molecule has 1 amide bonds. The second-order valence-corrected chi connectivity index (χ2v) is 4.08. The quantitative estimate of drug-likeness (QED) is 0.557. The Kier molecular flexibility index (Phi) is 5.48. The van der Waals surface area contributed by atoms with Crippen LogP contribution in [0, 0.1) is 5.92 Å². The van der Waals surface area contributed by atoms with Gasteiger partial charge in [-0.25, -0.2) is 0 Å². The van der Waals surface area contributed by atoms with Crippen molar-refractivity contribution < 1.29 is 9.90 Å². The fourth-order valence-corrected chi connectivity index (χ4v) is 1.74. The molecule has 5 N–H and O–H groups in total. The van der Waals surface area contributed by atoms with E-state index in [4.69, 9.17) is 10.8 Å². The van der Waals surface area contributed by atoms with Crippen LogP contribution in [0.4, 0.5) is 5.69 Å². The van der Waals surface area contributed by atoms with Gasteiger partial charge < -0.3 is 16.2 Å². The van der Waals surface area contributed by atoms with Crippen LogP contribution in [0.3, 0.4) is 0 Å². The highest BCUT2D eigenvalue weighted by Gasteiger charge is 2.13. The number of H-pyrrole nitrogens is 1. The molecule has 0 aliphatic heterocycles. The van der Waals surface area contributed by atoms with Crippen molar-refractivity contribution in [1.82, 2.24) is 15.5 Å². The van der Waals surface area contributed by atoms with Gasteiger partial charge in [-0.1, -0.05) is 13.3 Å². The van der Waals surface area contributed by atoms with Crippen LogP contribution in [0.5, 0.6) is 0 Å². The molecule has 1 aromatic heterocycles. The van der Waals surface area contributed by atoms with Crippen LogP contribution >= 0.6 is 0 Å². The molecule has 0 bridgehead atoms. The van der Waals surface area contributed by atoms with E-state index in [1.165, 1.54) is 6.20 Å². The summed E-state index contributed by atoms with van der Waals surface area (Å²) in [4.78, 5) is 11.7. The molecule has 6 heteroatoms. The number of nitrogens with two attached hydrogens (primary N) is 1. The molecule has 1 aromatic rings. The monoisotopic (exact) mass is 240 g/mol. The second kappa shape index (κ2) is 6.90. The third-order valence-corrected chi connectivity index (χ3v) is 2.68. The van der Waals surface area contributed by atoms with E-state index in [1.807, 2.05) is 0 Å². The number of hydrogen-bond donors (Lipinski definition) is 4. The Labute approximate surface area is 101 Å². The molecule has 0 aliphatic carbocycles. The highest BCUT2D eigenvalue weighted by molar-refractivity contribution is 5.96. The number of carbonyl (C=O) groups is 1. The van der Waals surface area contributed by atoms with Crippen LogP contribution in [0.1, 0.15) is 36.7 Å². The van der Waals surface area contributed by atoms with Crippen LogP contribution in [-0.4, -0.2) is 34.4 Å². The van der Waals surface area contributed by atoms with Crippen LogP contribution in [0.2, 0.25) is 0 Å². The smallest absolute Gasteiger partial charge is 0.271 e. The zero-order valence-corrected chi connectivity index (χ0v) is 10.1. The third-order valence-electron chi connectivity index (χ3n) is 2.68. The molecule has 0 saturated heterocycles. The Morgan fingerprint density at radius 1 is 1.65 bits per heavy atom. The fourth-order valence-electron chi connectivity index (χ4n) is 1.74. The minimum absolute atomic E-state index is 0.146. The summed E-state index contributed by atoms with van der Waals surface area (Å²) in [6.45, 7) is 2.78. The van der Waals surface area contributed by atoms with E-state index in [-0.39, 0.29) is 12.5 Å². The summed E-state index contributed by atoms with van der Waals surface area (Å²) in [7, 11) is 0. The summed E-state index contributed by atoms with van der Waals surface area (Å²) in [5.41, 5.74) is 6.21. The van der Waals surface area contributed by atoms with Gasteiger partial charge in [-0.15, -0.1) is 0 Å². The van der Waals surface area contributed by atoms with E-state index < -0.39 is 0 Å². The number of aromatic amines is 1. The maximum Gasteiger partial charge on any atom is 0.271 e. The summed E-state index contributed by atoms with van der Waals surface area (Å²) < 4.78 is 0. The molecule has 1 heterocycles. The van der Waals surface area contributed by atoms with E-state index in [0.717, 1.165) is 12.8 Å². The Hall–Kier alpha value is -1.56. The van der Waals surface area contributed by atoms with Crippen LogP contribution in [0.25, 0.3) is 0 Å². The predicted octanol–water partition coefficient (Wildman–Crippen LogP) is 0.520. The topological polar surface area (TPSA) is 104 Å². The van der Waals surface area contributed by atoms with Crippen molar-refractivity contribution >= 4 is 11.6 Å². The maximum atomic E-state index is 11.7. The molecule has 1 atom stereocenters. The summed E-state index contributed by atoms with van der Waals surface area (Å²) in [6, 6.07) is 0. The summed E-state index contributed by atoms with van der Waals surface area (Å²) in [5, 5.41) is 18.0. The van der Waals surface area contributed by atoms with E-state index in [9.17, 15) is 4.79 Å². The third kappa shape index (κ3) is 4.07. The Balaban J connectivity index is 2.43. The first kappa shape index (κ1) is 13.5. The normalized spacial score (nSPS) is 12.4. The van der Waals surface area contributed by atoms with E-state index in [1.54, 1.807) is 0 Å². The maximum absolute atomic E-state index is 11.7. The summed E-state index contributed by atoms with van der Waals surface area (Å²) in [5.74, 6) is 0.0529. The van der Waals surface area contributed by atoms with Crippen LogP contribution < -0.4 is 11.1 Å². The molecule has 0 fully saturated rings. The van der Waals surface area contributed by atoms with Crippen molar-refractivity contribution in [1.29, 1.82) is 0 Å². The van der Waals surface area contributed by atoms with Gasteiger partial charge in [0.05, 0.1) is 11.9 Å². The molecule has 0 aromatic carbocycles. The molecular weight excluding hydrogens is 220 g/mol. The van der Waals surface area contributed by atoms with E-state index in [0.29, 0.717) is 30.3 Å². The van der Waals surface area contributed by atoms with Gasteiger partial charge in [0.2, 0.25) is 0 Å². The number of anilines is 1. The number of hydrogen-bond acceptors (Lipinski definition) is 4. The highest BCUT2D eigenvalue weighted by atomic mass is 16.3. The van der Waals surface area contributed by atoms with Crippen molar-refractivity contribution in [2.24, 2.45) is 5.92 Å². The van der Waals surface area contributed by atoms with Crippen molar-refractivity contribution in [3.63, 3.8) is 0 Å². The number of amides is 1. The molecule has 6 nitrogen and oxygen atoms in total. The Morgan fingerprint density at radius 3 is 2.94 bits per heavy atom. The van der Waals surface area contributed by atoms with Gasteiger partial charge in [0.15, 0.2) is 0 Å². The molecule has 17 heavy (non-hydrogen) atoms. The zero-order valence-electron chi connectivity index (χ0n) is 10.1. The van der Waals surface area contributed by atoms with Crippen molar-refractivity contribution in [2.45, 2.75) is 26.2 Å². The molecule has 96 valence electrons. The molecule has 1 unspecified atom stereocenters. The molecule has 0 spiro atoms. The number of rotatable bonds is 7. The zero-order chi connectivity index (χ0) is 12.7. The van der Waals surface area contributed by atoms with Crippen molar-refractivity contribution in [3.8, 4) is 0 Å². The lowest BCUT2D eigenvalue weighted by atomic mass is 10.0. The van der Waals surface area contributed by atoms with Gasteiger partial charge >= 0.3 is 0 Å². The Morgan fingerprint density at radius 2 is 2.41 bits per heavy atom. The lowest BCUT2D eigenvalue weighted by molar-refractivity contribution is 0.0939. The lowest BCUT2D eigenvalue weighted by Crippen LogP contribution is -2.30. The van der Waals surface area contributed by atoms with Gasteiger partial charge in [-0.3, -0.25) is 9.89 Å². The second-order valence-electron chi connectivity index (χ2n) is 4.08. The van der Waals surface area contributed by atoms with Gasteiger partial charge in [-0.2, -0.15) is 5.10 Å². The SMILES string of the molecule is CCCC(CCO)CNC(=O)c1[nH]ncc1N. The van der Waals surface area contributed by atoms with E-state index >= 15 is 0 Å². The molecule has 1 rings (SSSR count). The predicted molar refractivity (Wildman–Crippen MR) is 65.4 cm³/mol. The van der Waals surface area contributed by atoms with Crippen LogP contribution in [-0.2, 0) is 0 Å². The molecule has 0 saturated carbocycles. The average Bonchev–Trinajstić information content (AvgIpc) is 2.72. The molecule has 0 aliphatic rings. The number of nitrogen functional groups attached to an aromatic ring is 1. The number of aliphatic hydroxyl groups excluding tert-OH is 1. The van der Waals surface area contributed by atoms with Crippen molar-refractivity contribution in [3.05, 3.63) is 11.9 Å². The first-order chi connectivity index (χ1) is 8.19. The first-order valence-corrected chi connectivity index (χ1v) is 5.86. The molecular formula is C11H20N4O2. The average molecular weight is 240 g/mol. The van der Waals surface area contributed by atoms with Gasteiger partial charge in [0, 0.05) is 13.2 Å². The minimum atomic E-state index is -0.251. The number of nitrogens with one attached hydrogen (secondary N) is 2. The van der Waals surface area contributed by atoms with Crippen LogP contribution in [0.15, 0.2) is 6.20 Å². The number of aromatic nitrogens is 2. The summed E-state index contributed by atoms with van der Waals surface area (Å²) >= 11 is 0. The van der Waals surface area contributed by atoms with E-state index in [2.05, 4.69) is 22.4 Å². The largest absolute Gasteiger partial charge is 0.396 e. The number of nitrogens with zero attached hydrogens (tertiary/aromatic N) is 1. The minimum Gasteiger partial charge on any atom is -0.396 e. The van der Waals surface area contributed by atoms with Crippen molar-refractivity contribution in [2.75, 3.05) is 18.9 Å². The fraction of sp³-hybridized carbons (Fsp3) is 0.636. The molecule has 0 radical (unpaired) electrons. The first-order valence-electron chi connectivity index (χ1n) is 5.86. The highest BCUT2D eigenvalue weighted by Crippen LogP contribution is 2.10. The number of carbonyl (C=O) groups excluding carboxylic acids is 1. The summed E-state index contributed by atoms with van der Waals surface area (Å²) in [6.07, 6.45) is 4.13.